The second-order valence-electron chi connectivity index (χ2n) is 4.52. The highest BCUT2D eigenvalue weighted by molar-refractivity contribution is 7.89. The van der Waals surface area contributed by atoms with Crippen molar-refractivity contribution in [3.8, 4) is 5.75 Å². The second kappa shape index (κ2) is 5.74. The van der Waals surface area contributed by atoms with Crippen LogP contribution in [0.1, 0.15) is 5.56 Å². The zero-order chi connectivity index (χ0) is 15.6. The first kappa shape index (κ1) is 14.5. The van der Waals surface area contributed by atoms with Crippen molar-refractivity contribution in [2.24, 2.45) is 0 Å². The molecule has 8 heteroatoms. The standard InChI is InChI=1S/C14H13N3O4S/c1-20-12-7-3-2-5-10(12)9-15-22(18,19)13-8-4-6-11-14(13)17-21-16-11/h2-8,15H,9H2,1H3. The lowest BCUT2D eigenvalue weighted by molar-refractivity contribution is 0.315. The van der Waals surface area contributed by atoms with Crippen LogP contribution >= 0.6 is 0 Å². The predicted molar refractivity (Wildman–Crippen MR) is 78.8 cm³/mol. The Morgan fingerprint density at radius 3 is 2.77 bits per heavy atom. The van der Waals surface area contributed by atoms with Crippen LogP contribution in [0.25, 0.3) is 11.0 Å². The first-order valence-corrected chi connectivity index (χ1v) is 7.93. The Balaban J connectivity index is 1.89. The molecule has 0 fully saturated rings. The van der Waals surface area contributed by atoms with Crippen molar-refractivity contribution in [3.05, 3.63) is 48.0 Å². The summed E-state index contributed by atoms with van der Waals surface area (Å²) in [5.41, 5.74) is 1.33. The molecule has 0 bridgehead atoms. The lowest BCUT2D eigenvalue weighted by Gasteiger charge is -2.10. The fraction of sp³-hybridized carbons (Fsp3) is 0.143. The molecule has 0 aliphatic heterocycles. The summed E-state index contributed by atoms with van der Waals surface area (Å²) < 4.78 is 37.2. The average Bonchev–Trinajstić information content (AvgIpc) is 3.01. The van der Waals surface area contributed by atoms with Gasteiger partial charge in [0.05, 0.1) is 7.11 Å². The van der Waals surface area contributed by atoms with Gasteiger partial charge in [0.1, 0.15) is 16.2 Å². The fourth-order valence-electron chi connectivity index (χ4n) is 2.10. The van der Waals surface area contributed by atoms with Crippen LogP contribution in [0.2, 0.25) is 0 Å². The minimum atomic E-state index is -3.75. The third-order valence-electron chi connectivity index (χ3n) is 3.18. The summed E-state index contributed by atoms with van der Waals surface area (Å²) in [5, 5.41) is 7.28. The van der Waals surface area contributed by atoms with Crippen molar-refractivity contribution in [2.75, 3.05) is 7.11 Å². The van der Waals surface area contributed by atoms with E-state index in [0.717, 1.165) is 5.56 Å². The monoisotopic (exact) mass is 319 g/mol. The summed E-state index contributed by atoms with van der Waals surface area (Å²) in [6.45, 7) is 0.105. The Morgan fingerprint density at radius 2 is 1.95 bits per heavy atom. The maximum Gasteiger partial charge on any atom is 0.243 e. The summed E-state index contributed by atoms with van der Waals surface area (Å²) >= 11 is 0. The summed E-state index contributed by atoms with van der Waals surface area (Å²) in [6.07, 6.45) is 0. The lowest BCUT2D eigenvalue weighted by Crippen LogP contribution is -2.23. The molecule has 0 amide bonds. The Labute approximate surface area is 126 Å². The molecule has 3 rings (SSSR count). The summed E-state index contributed by atoms with van der Waals surface area (Å²) in [5.74, 6) is 0.617. The van der Waals surface area contributed by atoms with Crippen LogP contribution in [0.15, 0.2) is 52.0 Å². The third kappa shape index (κ3) is 2.66. The van der Waals surface area contributed by atoms with Gasteiger partial charge in [-0.3, -0.25) is 0 Å². The maximum atomic E-state index is 12.5. The van der Waals surface area contributed by atoms with Gasteiger partial charge in [-0.2, -0.15) is 0 Å². The summed E-state index contributed by atoms with van der Waals surface area (Å²) in [4.78, 5) is 0.0288. The molecule has 1 N–H and O–H groups in total. The van der Waals surface area contributed by atoms with Gasteiger partial charge < -0.3 is 4.74 Å². The first-order valence-electron chi connectivity index (χ1n) is 6.44. The molecule has 1 aromatic heterocycles. The number of benzene rings is 2. The van der Waals surface area contributed by atoms with Crippen molar-refractivity contribution < 1.29 is 17.8 Å². The first-order chi connectivity index (χ1) is 10.6. The maximum absolute atomic E-state index is 12.5. The minimum Gasteiger partial charge on any atom is -0.496 e. The van der Waals surface area contributed by atoms with Gasteiger partial charge in [-0.05, 0) is 28.5 Å². The largest absolute Gasteiger partial charge is 0.496 e. The van der Waals surface area contributed by atoms with Crippen LogP contribution in [0.4, 0.5) is 0 Å². The molecule has 7 nitrogen and oxygen atoms in total. The van der Waals surface area contributed by atoms with Crippen molar-refractivity contribution in [1.82, 2.24) is 15.0 Å². The van der Waals surface area contributed by atoms with Gasteiger partial charge in [0, 0.05) is 12.1 Å². The van der Waals surface area contributed by atoms with Crippen LogP contribution in [0, 0.1) is 0 Å². The molecule has 114 valence electrons. The van der Waals surface area contributed by atoms with Crippen LogP contribution in [0.3, 0.4) is 0 Å². The molecule has 1 heterocycles. The molecule has 0 saturated carbocycles. The molecular formula is C14H13N3O4S. The van der Waals surface area contributed by atoms with E-state index in [2.05, 4.69) is 19.7 Å². The number of nitrogens with one attached hydrogen (secondary N) is 1. The number of ether oxygens (including phenoxy) is 1. The topological polar surface area (TPSA) is 94.3 Å². The fourth-order valence-corrected chi connectivity index (χ4v) is 3.25. The van der Waals surface area contributed by atoms with Gasteiger partial charge in [-0.15, -0.1) is 0 Å². The Hall–Kier alpha value is -2.45. The van der Waals surface area contributed by atoms with E-state index in [1.807, 2.05) is 12.1 Å². The van der Waals surface area contributed by atoms with Crippen LogP contribution in [-0.2, 0) is 16.6 Å². The molecule has 0 atom stereocenters. The zero-order valence-electron chi connectivity index (χ0n) is 11.7. The third-order valence-corrected chi connectivity index (χ3v) is 4.62. The molecule has 0 unspecified atom stereocenters. The Bertz CT molecular complexity index is 905. The van der Waals surface area contributed by atoms with E-state index < -0.39 is 10.0 Å². The van der Waals surface area contributed by atoms with Crippen LogP contribution < -0.4 is 9.46 Å². The number of methoxy groups -OCH3 is 1. The summed E-state index contributed by atoms with van der Waals surface area (Å²) in [6, 6.07) is 11.9. The number of fused-ring (bicyclic) bond motifs is 1. The molecular weight excluding hydrogens is 306 g/mol. The minimum absolute atomic E-state index is 0.0288. The van der Waals surface area contributed by atoms with Gasteiger partial charge in [0.15, 0.2) is 5.52 Å². The molecule has 0 spiro atoms. The van der Waals surface area contributed by atoms with Gasteiger partial charge >= 0.3 is 0 Å². The van der Waals surface area contributed by atoms with E-state index >= 15 is 0 Å². The number of rotatable bonds is 5. The van der Waals surface area contributed by atoms with E-state index in [4.69, 9.17) is 4.74 Å². The summed E-state index contributed by atoms with van der Waals surface area (Å²) in [7, 11) is -2.21. The number of aromatic nitrogens is 2. The molecule has 0 saturated heterocycles. The van der Waals surface area contributed by atoms with Gasteiger partial charge in [-0.25, -0.2) is 17.8 Å². The lowest BCUT2D eigenvalue weighted by atomic mass is 10.2. The van der Waals surface area contributed by atoms with E-state index in [-0.39, 0.29) is 17.0 Å². The Kier molecular flexibility index (Phi) is 3.78. The molecule has 22 heavy (non-hydrogen) atoms. The highest BCUT2D eigenvalue weighted by atomic mass is 32.2. The smallest absolute Gasteiger partial charge is 0.243 e. The molecule has 0 aliphatic carbocycles. The van der Waals surface area contributed by atoms with E-state index in [1.165, 1.54) is 13.2 Å². The zero-order valence-corrected chi connectivity index (χ0v) is 12.5. The Morgan fingerprint density at radius 1 is 1.14 bits per heavy atom. The average molecular weight is 319 g/mol. The van der Waals surface area contributed by atoms with E-state index in [9.17, 15) is 8.42 Å². The number of hydrogen-bond acceptors (Lipinski definition) is 6. The van der Waals surface area contributed by atoms with Gasteiger partial charge in [0.25, 0.3) is 0 Å². The van der Waals surface area contributed by atoms with Crippen molar-refractivity contribution >= 4 is 21.1 Å². The number of sulfonamides is 1. The van der Waals surface area contributed by atoms with Gasteiger partial charge in [0.2, 0.25) is 10.0 Å². The highest BCUT2D eigenvalue weighted by Crippen LogP contribution is 2.21. The number of nitrogens with zero attached hydrogens (tertiary/aromatic N) is 2. The second-order valence-corrected chi connectivity index (χ2v) is 6.26. The normalized spacial score (nSPS) is 11.7. The SMILES string of the molecule is COc1ccccc1CNS(=O)(=O)c1cccc2nonc12. The van der Waals surface area contributed by atoms with Crippen molar-refractivity contribution in [1.29, 1.82) is 0 Å². The number of hydrogen-bond donors (Lipinski definition) is 1. The number of para-hydroxylation sites is 1. The van der Waals surface area contributed by atoms with E-state index in [1.54, 1.807) is 24.3 Å². The quantitative estimate of drug-likeness (QED) is 0.769. The highest BCUT2D eigenvalue weighted by Gasteiger charge is 2.20. The molecule has 0 aliphatic rings. The molecule has 2 aromatic carbocycles. The van der Waals surface area contributed by atoms with Gasteiger partial charge in [-0.1, -0.05) is 24.3 Å². The van der Waals surface area contributed by atoms with Crippen molar-refractivity contribution in [2.45, 2.75) is 11.4 Å². The van der Waals surface area contributed by atoms with Crippen LogP contribution in [-0.4, -0.2) is 25.8 Å². The van der Waals surface area contributed by atoms with E-state index in [0.29, 0.717) is 11.3 Å². The predicted octanol–water partition coefficient (Wildman–Crippen LogP) is 1.71. The molecule has 3 aromatic rings. The van der Waals surface area contributed by atoms with Crippen molar-refractivity contribution in [3.63, 3.8) is 0 Å². The molecule has 0 radical (unpaired) electrons. The van der Waals surface area contributed by atoms with Crippen LogP contribution in [0.5, 0.6) is 5.75 Å².